The third kappa shape index (κ3) is 33.3. The van der Waals surface area contributed by atoms with Crippen LogP contribution in [0, 0.1) is 0 Å². The van der Waals surface area contributed by atoms with Crippen LogP contribution in [0.25, 0.3) is 0 Å². The Bertz CT molecular complexity index is 794. The molecule has 47 heavy (non-hydrogen) atoms. The van der Waals surface area contributed by atoms with E-state index in [1.54, 1.807) is 0 Å². The maximum absolute atomic E-state index is 12.7. The number of phosphoric ester groups is 1. The van der Waals surface area contributed by atoms with Crippen molar-refractivity contribution in [2.75, 3.05) is 19.8 Å². The van der Waals surface area contributed by atoms with Crippen LogP contribution >= 0.6 is 7.82 Å². The van der Waals surface area contributed by atoms with Crippen molar-refractivity contribution in [1.29, 1.82) is 0 Å². The molecule has 3 atom stereocenters. The van der Waals surface area contributed by atoms with Crippen LogP contribution in [0.4, 0.5) is 0 Å². The minimum atomic E-state index is -4.30. The molecule has 5 N–H and O–H groups in total. The Kier molecular flexibility index (Phi) is 34.1. The molecule has 8 nitrogen and oxygen atoms in total. The standard InChI is InChI=1S/C38H75N2O6P/c1-3-5-7-9-11-12-13-14-15-16-17-18-19-20-21-22-23-24-26-28-30-32-38(42)40-36(35-46-47(43,44)45-34-33-39)37(41)31-29-27-25-10-8-6-4-2/h13-14,16-17,36-37,41H,3-12,15,18-35,39H2,1-2H3,(H,40,42)(H,43,44)/b14-13-,17-16-. The van der Waals surface area contributed by atoms with Crippen molar-refractivity contribution in [1.82, 2.24) is 5.32 Å². The molecule has 0 heterocycles. The summed E-state index contributed by atoms with van der Waals surface area (Å²) in [4.78, 5) is 22.5. The third-order valence-corrected chi connectivity index (χ3v) is 9.54. The first-order valence-electron chi connectivity index (χ1n) is 19.5. The van der Waals surface area contributed by atoms with Gasteiger partial charge in [-0.15, -0.1) is 0 Å². The normalized spacial score (nSPS) is 14.6. The van der Waals surface area contributed by atoms with E-state index in [1.807, 2.05) is 0 Å². The molecule has 278 valence electrons. The number of nitrogens with one attached hydrogen (secondary N) is 1. The molecule has 9 heteroatoms. The van der Waals surface area contributed by atoms with Gasteiger partial charge in [0.2, 0.25) is 5.91 Å². The summed E-state index contributed by atoms with van der Waals surface area (Å²) in [5.74, 6) is -0.171. The van der Waals surface area contributed by atoms with Crippen LogP contribution in [0.3, 0.4) is 0 Å². The average Bonchev–Trinajstić information content (AvgIpc) is 3.05. The quantitative estimate of drug-likeness (QED) is 0.0293. The second kappa shape index (κ2) is 34.8. The summed E-state index contributed by atoms with van der Waals surface area (Å²) in [5.41, 5.74) is 5.35. The van der Waals surface area contributed by atoms with E-state index >= 15 is 0 Å². The highest BCUT2D eigenvalue weighted by Gasteiger charge is 2.27. The van der Waals surface area contributed by atoms with Crippen molar-refractivity contribution in [2.45, 2.75) is 193 Å². The minimum Gasteiger partial charge on any atom is -0.391 e. The average molecular weight is 687 g/mol. The van der Waals surface area contributed by atoms with Crippen molar-refractivity contribution in [2.24, 2.45) is 5.73 Å². The van der Waals surface area contributed by atoms with E-state index < -0.39 is 20.0 Å². The van der Waals surface area contributed by atoms with E-state index in [2.05, 4.69) is 43.5 Å². The van der Waals surface area contributed by atoms with Gasteiger partial charge in [0.05, 0.1) is 25.4 Å². The van der Waals surface area contributed by atoms with Gasteiger partial charge in [-0.2, -0.15) is 0 Å². The number of nitrogens with two attached hydrogens (primary N) is 1. The smallest absolute Gasteiger partial charge is 0.391 e. The summed E-state index contributed by atoms with van der Waals surface area (Å²) in [6.07, 6.45) is 37.7. The molecule has 0 aliphatic heterocycles. The van der Waals surface area contributed by atoms with E-state index in [-0.39, 0.29) is 25.7 Å². The van der Waals surface area contributed by atoms with Crippen LogP contribution in [-0.4, -0.2) is 47.8 Å². The second-order valence-electron chi connectivity index (χ2n) is 13.1. The Morgan fingerprint density at radius 1 is 0.702 bits per heavy atom. The first-order chi connectivity index (χ1) is 22.9. The highest BCUT2D eigenvalue weighted by atomic mass is 31.2. The lowest BCUT2D eigenvalue weighted by atomic mass is 10.0. The lowest BCUT2D eigenvalue weighted by Gasteiger charge is -2.25. The van der Waals surface area contributed by atoms with Gasteiger partial charge in [0.25, 0.3) is 0 Å². The zero-order valence-corrected chi connectivity index (χ0v) is 31.4. The summed E-state index contributed by atoms with van der Waals surface area (Å²) in [6.45, 7) is 4.13. The number of carbonyl (C=O) groups is 1. The van der Waals surface area contributed by atoms with Crippen molar-refractivity contribution >= 4 is 13.7 Å². The van der Waals surface area contributed by atoms with Gasteiger partial charge in [-0.05, 0) is 44.9 Å². The van der Waals surface area contributed by atoms with Gasteiger partial charge in [-0.25, -0.2) is 4.57 Å². The van der Waals surface area contributed by atoms with E-state index in [4.69, 9.17) is 14.8 Å². The molecule has 3 unspecified atom stereocenters. The Labute approximate surface area is 289 Å². The van der Waals surface area contributed by atoms with Gasteiger partial charge in [-0.3, -0.25) is 13.8 Å². The van der Waals surface area contributed by atoms with Gasteiger partial charge >= 0.3 is 7.82 Å². The molecule has 0 aromatic carbocycles. The first-order valence-corrected chi connectivity index (χ1v) is 20.9. The molecule has 0 saturated carbocycles. The van der Waals surface area contributed by atoms with E-state index in [1.165, 1.54) is 109 Å². The fraction of sp³-hybridized carbons (Fsp3) is 0.868. The fourth-order valence-electron chi connectivity index (χ4n) is 5.58. The van der Waals surface area contributed by atoms with Crippen molar-refractivity contribution < 1.29 is 28.4 Å². The molecule has 0 aliphatic carbocycles. The van der Waals surface area contributed by atoms with Crippen molar-refractivity contribution in [3.8, 4) is 0 Å². The van der Waals surface area contributed by atoms with Gasteiger partial charge < -0.3 is 21.1 Å². The van der Waals surface area contributed by atoms with Crippen LogP contribution in [0.15, 0.2) is 24.3 Å². The van der Waals surface area contributed by atoms with Crippen molar-refractivity contribution in [3.05, 3.63) is 24.3 Å². The zero-order valence-electron chi connectivity index (χ0n) is 30.5. The molecule has 0 aliphatic rings. The zero-order chi connectivity index (χ0) is 34.7. The number of hydrogen-bond acceptors (Lipinski definition) is 6. The maximum Gasteiger partial charge on any atom is 0.472 e. The number of amides is 1. The molecule has 0 aromatic heterocycles. The van der Waals surface area contributed by atoms with Gasteiger partial charge in [0.15, 0.2) is 0 Å². The highest BCUT2D eigenvalue weighted by molar-refractivity contribution is 7.47. The maximum atomic E-state index is 12.7. The van der Waals surface area contributed by atoms with Crippen LogP contribution < -0.4 is 11.1 Å². The van der Waals surface area contributed by atoms with E-state index in [0.717, 1.165) is 44.9 Å². The van der Waals surface area contributed by atoms with Crippen LogP contribution in [0.5, 0.6) is 0 Å². The number of carbonyl (C=O) groups excluding carboxylic acids is 1. The number of aliphatic hydroxyl groups excluding tert-OH is 1. The molecule has 0 radical (unpaired) electrons. The predicted molar refractivity (Wildman–Crippen MR) is 198 cm³/mol. The van der Waals surface area contributed by atoms with Crippen LogP contribution in [0.1, 0.15) is 181 Å². The topological polar surface area (TPSA) is 131 Å². The summed E-state index contributed by atoms with van der Waals surface area (Å²) < 4.78 is 22.0. The van der Waals surface area contributed by atoms with Crippen molar-refractivity contribution in [3.63, 3.8) is 0 Å². The Hall–Kier alpha value is -1.02. The number of aliphatic hydroxyl groups is 1. The predicted octanol–water partition coefficient (Wildman–Crippen LogP) is 10.2. The molecular formula is C38H75N2O6P. The monoisotopic (exact) mass is 687 g/mol. The van der Waals surface area contributed by atoms with E-state index in [0.29, 0.717) is 12.8 Å². The summed E-state index contributed by atoms with van der Waals surface area (Å²) in [7, 11) is -4.30. The minimum absolute atomic E-state index is 0.0879. The first kappa shape index (κ1) is 46.0. The summed E-state index contributed by atoms with van der Waals surface area (Å²) in [5, 5.41) is 13.6. The number of allylic oxidation sites excluding steroid dienone is 4. The molecule has 0 spiro atoms. The Balaban J connectivity index is 4.05. The lowest BCUT2D eigenvalue weighted by Crippen LogP contribution is -2.46. The molecule has 0 saturated heterocycles. The van der Waals surface area contributed by atoms with E-state index in [9.17, 15) is 19.4 Å². The number of phosphoric acid groups is 1. The Morgan fingerprint density at radius 3 is 1.68 bits per heavy atom. The molecular weight excluding hydrogens is 611 g/mol. The third-order valence-electron chi connectivity index (χ3n) is 8.56. The van der Waals surface area contributed by atoms with Crippen LogP contribution in [-0.2, 0) is 18.4 Å². The summed E-state index contributed by atoms with van der Waals surface area (Å²) >= 11 is 0. The highest BCUT2D eigenvalue weighted by Crippen LogP contribution is 2.43. The van der Waals surface area contributed by atoms with Crippen LogP contribution in [0.2, 0.25) is 0 Å². The fourth-order valence-corrected chi connectivity index (χ4v) is 6.34. The molecule has 0 bridgehead atoms. The largest absolute Gasteiger partial charge is 0.472 e. The SMILES string of the molecule is CCCCCCC/C=C\C/C=C\CCCCCCCCCCCC(=O)NC(COP(=O)(O)OCCN)C(O)CCCCCCCCC. The van der Waals surface area contributed by atoms with Gasteiger partial charge in [-0.1, -0.05) is 154 Å². The van der Waals surface area contributed by atoms with Gasteiger partial charge in [0, 0.05) is 13.0 Å². The molecule has 0 rings (SSSR count). The summed E-state index contributed by atoms with van der Waals surface area (Å²) in [6, 6.07) is -0.772. The van der Waals surface area contributed by atoms with Gasteiger partial charge in [0.1, 0.15) is 0 Å². The molecule has 1 amide bonds. The molecule has 0 aromatic rings. The lowest BCUT2D eigenvalue weighted by molar-refractivity contribution is -0.123. The Morgan fingerprint density at radius 2 is 1.17 bits per heavy atom. The number of unbranched alkanes of at least 4 members (excludes halogenated alkanes) is 20. The molecule has 0 fully saturated rings. The second-order valence-corrected chi connectivity index (χ2v) is 14.6. The number of rotatable bonds is 36. The number of hydrogen-bond donors (Lipinski definition) is 4.